The van der Waals surface area contributed by atoms with Crippen LogP contribution in [0.4, 0.5) is 0 Å². The molecule has 0 radical (unpaired) electrons. The highest BCUT2D eigenvalue weighted by Crippen LogP contribution is 2.19. The largest absolute Gasteiger partial charge is 0.346 e. The topological polar surface area (TPSA) is 113 Å². The SMILES string of the molecule is CC(=O)N1CCN(S(=O)(=O)c2cccc(C(=O)NC(C)(C)CN)c2)CC1. The molecule has 3 N–H and O–H groups in total. The Labute approximate surface area is 154 Å². The maximum absolute atomic E-state index is 12.9. The van der Waals surface area contributed by atoms with E-state index in [2.05, 4.69) is 5.32 Å². The molecule has 2 rings (SSSR count). The standard InChI is InChI=1S/C17H26N4O4S/c1-13(22)20-7-9-21(10-8-20)26(24,25)15-6-4-5-14(11-15)16(23)19-17(2,3)12-18/h4-6,11H,7-10,12,18H2,1-3H3,(H,19,23). The van der Waals surface area contributed by atoms with E-state index < -0.39 is 15.6 Å². The monoisotopic (exact) mass is 382 g/mol. The maximum Gasteiger partial charge on any atom is 0.251 e. The van der Waals surface area contributed by atoms with Crippen LogP contribution in [0.25, 0.3) is 0 Å². The lowest BCUT2D eigenvalue weighted by atomic mass is 10.1. The number of sulfonamides is 1. The molecule has 8 nitrogen and oxygen atoms in total. The summed E-state index contributed by atoms with van der Waals surface area (Å²) in [6, 6.07) is 5.95. The number of benzene rings is 1. The Morgan fingerprint density at radius 1 is 1.19 bits per heavy atom. The van der Waals surface area contributed by atoms with Gasteiger partial charge in [0.2, 0.25) is 15.9 Å². The number of nitrogens with zero attached hydrogens (tertiary/aromatic N) is 2. The minimum absolute atomic E-state index is 0.0620. The molecule has 1 saturated heterocycles. The summed E-state index contributed by atoms with van der Waals surface area (Å²) in [5.74, 6) is -0.442. The van der Waals surface area contributed by atoms with E-state index in [1.165, 1.54) is 23.4 Å². The molecule has 0 unspecified atom stereocenters. The van der Waals surface area contributed by atoms with Crippen LogP contribution >= 0.6 is 0 Å². The second-order valence-electron chi connectivity index (χ2n) is 6.98. The highest BCUT2D eigenvalue weighted by molar-refractivity contribution is 7.89. The number of piperazine rings is 1. The third-order valence-corrected chi connectivity index (χ3v) is 6.27. The zero-order chi connectivity index (χ0) is 19.5. The Kier molecular flexibility index (Phi) is 6.05. The maximum atomic E-state index is 12.9. The lowest BCUT2D eigenvalue weighted by Gasteiger charge is -2.33. The van der Waals surface area contributed by atoms with E-state index in [0.29, 0.717) is 13.1 Å². The number of carbonyl (C=O) groups is 2. The van der Waals surface area contributed by atoms with Gasteiger partial charge in [0, 0.05) is 50.7 Å². The molecule has 0 aromatic heterocycles. The molecule has 9 heteroatoms. The Morgan fingerprint density at radius 2 is 1.81 bits per heavy atom. The molecule has 0 saturated carbocycles. The number of rotatable bonds is 5. The van der Waals surface area contributed by atoms with Gasteiger partial charge in [-0.1, -0.05) is 6.07 Å². The van der Waals surface area contributed by atoms with Crippen molar-refractivity contribution >= 4 is 21.8 Å². The molecule has 1 fully saturated rings. The average molecular weight is 382 g/mol. The van der Waals surface area contributed by atoms with Crippen LogP contribution in [0.2, 0.25) is 0 Å². The Bertz CT molecular complexity index is 784. The predicted octanol–water partition coefficient (Wildman–Crippen LogP) is 0.00650. The van der Waals surface area contributed by atoms with Gasteiger partial charge >= 0.3 is 0 Å². The molecule has 1 aromatic rings. The molecule has 2 amide bonds. The quantitative estimate of drug-likeness (QED) is 0.745. The molecule has 1 heterocycles. The van der Waals surface area contributed by atoms with Gasteiger partial charge in [0.05, 0.1) is 4.90 Å². The Hall–Kier alpha value is -1.97. The predicted molar refractivity (Wildman–Crippen MR) is 98.1 cm³/mol. The zero-order valence-electron chi connectivity index (χ0n) is 15.4. The van der Waals surface area contributed by atoms with Crippen molar-refractivity contribution in [2.45, 2.75) is 31.2 Å². The van der Waals surface area contributed by atoms with Crippen molar-refractivity contribution in [1.82, 2.24) is 14.5 Å². The molecular weight excluding hydrogens is 356 g/mol. The van der Waals surface area contributed by atoms with Crippen LogP contribution in [0, 0.1) is 0 Å². The van der Waals surface area contributed by atoms with Crippen LogP contribution in [-0.4, -0.2) is 67.7 Å². The molecule has 144 valence electrons. The van der Waals surface area contributed by atoms with E-state index in [9.17, 15) is 18.0 Å². The van der Waals surface area contributed by atoms with Crippen molar-refractivity contribution in [3.05, 3.63) is 29.8 Å². The van der Waals surface area contributed by atoms with Crippen molar-refractivity contribution < 1.29 is 18.0 Å². The normalized spacial score (nSPS) is 16.4. The summed E-state index contributed by atoms with van der Waals surface area (Å²) in [6.45, 7) is 6.50. The van der Waals surface area contributed by atoms with E-state index in [4.69, 9.17) is 5.73 Å². The first-order chi connectivity index (χ1) is 12.1. The first-order valence-electron chi connectivity index (χ1n) is 8.45. The molecule has 1 aromatic carbocycles. The van der Waals surface area contributed by atoms with Gasteiger partial charge in [-0.15, -0.1) is 0 Å². The molecule has 0 bridgehead atoms. The molecule has 0 atom stereocenters. The van der Waals surface area contributed by atoms with Gasteiger partial charge in [-0.25, -0.2) is 8.42 Å². The summed E-state index contributed by atoms with van der Waals surface area (Å²) in [5, 5.41) is 2.78. The van der Waals surface area contributed by atoms with Crippen LogP contribution < -0.4 is 11.1 Å². The lowest BCUT2D eigenvalue weighted by Crippen LogP contribution is -2.50. The van der Waals surface area contributed by atoms with Crippen molar-refractivity contribution in [3.8, 4) is 0 Å². The van der Waals surface area contributed by atoms with E-state index in [0.717, 1.165) is 0 Å². The fourth-order valence-corrected chi connectivity index (χ4v) is 4.09. The van der Waals surface area contributed by atoms with Crippen molar-refractivity contribution in [2.24, 2.45) is 5.73 Å². The fourth-order valence-electron chi connectivity index (χ4n) is 2.62. The zero-order valence-corrected chi connectivity index (χ0v) is 16.2. The number of amides is 2. The number of carbonyl (C=O) groups excluding carboxylic acids is 2. The number of hydrogen-bond donors (Lipinski definition) is 2. The van der Waals surface area contributed by atoms with Crippen molar-refractivity contribution in [1.29, 1.82) is 0 Å². The molecule has 0 spiro atoms. The molecule has 1 aliphatic rings. The Morgan fingerprint density at radius 3 is 2.35 bits per heavy atom. The van der Waals surface area contributed by atoms with Gasteiger partial charge in [0.15, 0.2) is 0 Å². The average Bonchev–Trinajstić information content (AvgIpc) is 2.61. The van der Waals surface area contributed by atoms with Crippen molar-refractivity contribution in [2.75, 3.05) is 32.7 Å². The van der Waals surface area contributed by atoms with Crippen LogP contribution in [0.1, 0.15) is 31.1 Å². The second-order valence-corrected chi connectivity index (χ2v) is 8.92. The van der Waals surface area contributed by atoms with E-state index in [-0.39, 0.29) is 41.9 Å². The van der Waals surface area contributed by atoms with Gasteiger partial charge in [0.1, 0.15) is 0 Å². The molecule has 0 aliphatic carbocycles. The molecule has 26 heavy (non-hydrogen) atoms. The van der Waals surface area contributed by atoms with Crippen molar-refractivity contribution in [3.63, 3.8) is 0 Å². The first kappa shape index (κ1) is 20.3. The number of nitrogens with two attached hydrogens (primary N) is 1. The second kappa shape index (κ2) is 7.73. The van der Waals surface area contributed by atoms with Crippen LogP contribution in [0.3, 0.4) is 0 Å². The minimum atomic E-state index is -3.73. The first-order valence-corrected chi connectivity index (χ1v) is 9.89. The summed E-state index contributed by atoms with van der Waals surface area (Å²) in [5.41, 5.74) is 5.29. The van der Waals surface area contributed by atoms with Crippen LogP contribution in [0.15, 0.2) is 29.2 Å². The number of nitrogens with one attached hydrogen (secondary N) is 1. The van der Waals surface area contributed by atoms with Crippen LogP contribution in [-0.2, 0) is 14.8 Å². The van der Waals surface area contributed by atoms with Gasteiger partial charge in [-0.05, 0) is 32.0 Å². The highest BCUT2D eigenvalue weighted by Gasteiger charge is 2.30. The van der Waals surface area contributed by atoms with Gasteiger partial charge in [0.25, 0.3) is 5.91 Å². The highest BCUT2D eigenvalue weighted by atomic mass is 32.2. The minimum Gasteiger partial charge on any atom is -0.346 e. The summed E-state index contributed by atoms with van der Waals surface area (Å²) >= 11 is 0. The van der Waals surface area contributed by atoms with Gasteiger partial charge < -0.3 is 16.0 Å². The summed E-state index contributed by atoms with van der Waals surface area (Å²) in [7, 11) is -3.73. The van der Waals surface area contributed by atoms with E-state index >= 15 is 0 Å². The Balaban J connectivity index is 2.18. The smallest absolute Gasteiger partial charge is 0.251 e. The third-order valence-electron chi connectivity index (χ3n) is 4.38. The summed E-state index contributed by atoms with van der Waals surface area (Å²) < 4.78 is 27.0. The van der Waals surface area contributed by atoms with E-state index in [1.54, 1.807) is 30.9 Å². The van der Waals surface area contributed by atoms with Gasteiger partial charge in [-0.3, -0.25) is 9.59 Å². The van der Waals surface area contributed by atoms with Crippen LogP contribution in [0.5, 0.6) is 0 Å². The molecular formula is C17H26N4O4S. The number of hydrogen-bond acceptors (Lipinski definition) is 5. The fraction of sp³-hybridized carbons (Fsp3) is 0.529. The van der Waals surface area contributed by atoms with Gasteiger partial charge in [-0.2, -0.15) is 4.31 Å². The summed E-state index contributed by atoms with van der Waals surface area (Å²) in [4.78, 5) is 25.4. The lowest BCUT2D eigenvalue weighted by molar-refractivity contribution is -0.129. The molecule has 1 aliphatic heterocycles. The summed E-state index contributed by atoms with van der Waals surface area (Å²) in [6.07, 6.45) is 0. The third kappa shape index (κ3) is 4.60. The van der Waals surface area contributed by atoms with E-state index in [1.807, 2.05) is 0 Å².